The standard InChI is InChI=1S/C17H15ClF2N4O/c18-13-8-14(23-16(22-13)9-4-5-9)21-12-6-7-24(17(12)25)15-10(19)2-1-3-11(15)20/h1-3,8-9,12H,4-7H2,(H,21,22,23). The van der Waals surface area contributed by atoms with Crippen LogP contribution in [0.3, 0.4) is 0 Å². The first-order valence-corrected chi connectivity index (χ1v) is 8.47. The molecule has 4 rings (SSSR count). The largest absolute Gasteiger partial charge is 0.358 e. The van der Waals surface area contributed by atoms with Crippen molar-refractivity contribution in [2.75, 3.05) is 16.8 Å². The number of carbonyl (C=O) groups is 1. The summed E-state index contributed by atoms with van der Waals surface area (Å²) in [7, 11) is 0. The fourth-order valence-electron chi connectivity index (χ4n) is 2.99. The fraction of sp³-hybridized carbons (Fsp3) is 0.353. The molecule has 1 saturated carbocycles. The van der Waals surface area contributed by atoms with E-state index in [-0.39, 0.29) is 12.2 Å². The van der Waals surface area contributed by atoms with E-state index in [9.17, 15) is 13.6 Å². The quantitative estimate of drug-likeness (QED) is 0.843. The zero-order valence-corrected chi connectivity index (χ0v) is 13.9. The van der Waals surface area contributed by atoms with E-state index in [0.29, 0.717) is 29.1 Å². The van der Waals surface area contributed by atoms with Gasteiger partial charge in [0.05, 0.1) is 0 Å². The first kappa shape index (κ1) is 16.2. The molecule has 0 bridgehead atoms. The normalized spacial score (nSPS) is 20.2. The second kappa shape index (κ2) is 6.22. The summed E-state index contributed by atoms with van der Waals surface area (Å²) in [5.41, 5.74) is -0.309. The van der Waals surface area contributed by atoms with Crippen LogP contribution in [0.5, 0.6) is 0 Å². The molecule has 8 heteroatoms. The van der Waals surface area contributed by atoms with Crippen molar-refractivity contribution in [2.24, 2.45) is 0 Å². The van der Waals surface area contributed by atoms with Crippen LogP contribution in [0.25, 0.3) is 0 Å². The Morgan fingerprint density at radius 2 is 1.88 bits per heavy atom. The number of anilines is 2. The van der Waals surface area contributed by atoms with Crippen LogP contribution in [-0.2, 0) is 4.79 Å². The Morgan fingerprint density at radius 1 is 1.16 bits per heavy atom. The molecule has 2 aliphatic rings. The van der Waals surface area contributed by atoms with E-state index >= 15 is 0 Å². The van der Waals surface area contributed by atoms with Gasteiger partial charge in [-0.15, -0.1) is 0 Å². The summed E-state index contributed by atoms with van der Waals surface area (Å²) in [5, 5.41) is 3.33. The van der Waals surface area contributed by atoms with Gasteiger partial charge in [-0.1, -0.05) is 17.7 Å². The predicted octanol–water partition coefficient (Wildman–Crippen LogP) is 3.50. The molecule has 2 fully saturated rings. The van der Waals surface area contributed by atoms with Crippen LogP contribution in [-0.4, -0.2) is 28.5 Å². The average molecular weight is 365 g/mol. The molecule has 1 aromatic carbocycles. The Bertz CT molecular complexity index is 823. The predicted molar refractivity (Wildman–Crippen MR) is 89.8 cm³/mol. The summed E-state index contributed by atoms with van der Waals surface area (Å²) in [5.74, 6) is -0.465. The Hall–Kier alpha value is -2.28. The molecule has 1 N–H and O–H groups in total. The van der Waals surface area contributed by atoms with Gasteiger partial charge in [-0.05, 0) is 31.4 Å². The topological polar surface area (TPSA) is 58.1 Å². The maximum atomic E-state index is 13.9. The number of halogens is 3. The highest BCUT2D eigenvalue weighted by atomic mass is 35.5. The molecule has 1 aromatic heterocycles. The van der Waals surface area contributed by atoms with E-state index in [0.717, 1.165) is 29.9 Å². The van der Waals surface area contributed by atoms with Gasteiger partial charge in [-0.2, -0.15) is 0 Å². The monoisotopic (exact) mass is 364 g/mol. The molecule has 1 aliphatic carbocycles. The minimum absolute atomic E-state index is 0.225. The van der Waals surface area contributed by atoms with E-state index < -0.39 is 23.6 Å². The lowest BCUT2D eigenvalue weighted by atomic mass is 10.2. The number of hydrogen-bond acceptors (Lipinski definition) is 4. The number of carbonyl (C=O) groups excluding carboxylic acids is 1. The maximum absolute atomic E-state index is 13.9. The highest BCUT2D eigenvalue weighted by Gasteiger charge is 2.36. The molecule has 2 aromatic rings. The molecule has 5 nitrogen and oxygen atoms in total. The zero-order valence-electron chi connectivity index (χ0n) is 13.2. The number of benzene rings is 1. The SMILES string of the molecule is O=C1C(Nc2cc(Cl)nc(C3CC3)n2)CCN1c1c(F)cccc1F. The van der Waals surface area contributed by atoms with Crippen molar-refractivity contribution in [1.82, 2.24) is 9.97 Å². The lowest BCUT2D eigenvalue weighted by molar-refractivity contribution is -0.117. The zero-order chi connectivity index (χ0) is 17.6. The summed E-state index contributed by atoms with van der Waals surface area (Å²) < 4.78 is 27.9. The molecule has 25 heavy (non-hydrogen) atoms. The number of nitrogens with one attached hydrogen (secondary N) is 1. The smallest absolute Gasteiger partial charge is 0.249 e. The van der Waals surface area contributed by atoms with E-state index in [2.05, 4.69) is 15.3 Å². The Morgan fingerprint density at radius 3 is 2.56 bits per heavy atom. The third-order valence-corrected chi connectivity index (χ3v) is 4.58. The number of aromatic nitrogens is 2. The molecule has 1 unspecified atom stereocenters. The lowest BCUT2D eigenvalue weighted by Gasteiger charge is -2.18. The van der Waals surface area contributed by atoms with Crippen LogP contribution in [0.15, 0.2) is 24.3 Å². The maximum Gasteiger partial charge on any atom is 0.249 e. The highest BCUT2D eigenvalue weighted by Crippen LogP contribution is 2.39. The molecule has 1 aliphatic heterocycles. The van der Waals surface area contributed by atoms with Crippen LogP contribution >= 0.6 is 11.6 Å². The van der Waals surface area contributed by atoms with Crippen LogP contribution in [0.4, 0.5) is 20.3 Å². The number of amides is 1. The van der Waals surface area contributed by atoms with Crippen molar-refractivity contribution >= 4 is 29.0 Å². The van der Waals surface area contributed by atoms with Gasteiger partial charge in [0.1, 0.15) is 40.2 Å². The number of hydrogen-bond donors (Lipinski definition) is 1. The van der Waals surface area contributed by atoms with Crippen LogP contribution < -0.4 is 10.2 Å². The third-order valence-electron chi connectivity index (χ3n) is 4.39. The van der Waals surface area contributed by atoms with Crippen molar-refractivity contribution in [2.45, 2.75) is 31.2 Å². The number of para-hydroxylation sites is 1. The summed E-state index contributed by atoms with van der Waals surface area (Å²) in [4.78, 5) is 22.3. The second-order valence-electron chi connectivity index (χ2n) is 6.25. The first-order valence-electron chi connectivity index (χ1n) is 8.09. The molecule has 130 valence electrons. The molecule has 0 radical (unpaired) electrons. The van der Waals surface area contributed by atoms with Crippen LogP contribution in [0.1, 0.15) is 31.0 Å². The van der Waals surface area contributed by atoms with Gasteiger partial charge in [0, 0.05) is 18.5 Å². The van der Waals surface area contributed by atoms with Gasteiger partial charge >= 0.3 is 0 Å². The fourth-order valence-corrected chi connectivity index (χ4v) is 3.18. The summed E-state index contributed by atoms with van der Waals surface area (Å²) in [6, 6.07) is 4.48. The number of rotatable bonds is 4. The molecular formula is C17H15ClF2N4O. The Balaban J connectivity index is 1.54. The lowest BCUT2D eigenvalue weighted by Crippen LogP contribution is -2.34. The minimum atomic E-state index is -0.755. The average Bonchev–Trinajstić information content (AvgIpc) is 3.35. The summed E-state index contributed by atoms with van der Waals surface area (Å²) in [6.07, 6.45) is 2.47. The number of nitrogens with zero attached hydrogens (tertiary/aromatic N) is 3. The van der Waals surface area contributed by atoms with Gasteiger partial charge < -0.3 is 10.2 Å². The van der Waals surface area contributed by atoms with Gasteiger partial charge in [0.25, 0.3) is 0 Å². The van der Waals surface area contributed by atoms with Gasteiger partial charge in [0.2, 0.25) is 5.91 Å². The third kappa shape index (κ3) is 3.16. The molecule has 0 spiro atoms. The van der Waals surface area contributed by atoms with Gasteiger partial charge in [-0.25, -0.2) is 18.7 Å². The first-order chi connectivity index (χ1) is 12.0. The van der Waals surface area contributed by atoms with Crippen LogP contribution in [0.2, 0.25) is 5.15 Å². The summed E-state index contributed by atoms with van der Waals surface area (Å²) >= 11 is 6.02. The van der Waals surface area contributed by atoms with Crippen molar-refractivity contribution in [3.8, 4) is 0 Å². The molecular weight excluding hydrogens is 350 g/mol. The van der Waals surface area contributed by atoms with E-state index in [4.69, 9.17) is 11.6 Å². The van der Waals surface area contributed by atoms with Crippen molar-refractivity contribution in [3.05, 3.63) is 46.9 Å². The molecule has 1 atom stereocenters. The Kier molecular flexibility index (Phi) is 4.03. The van der Waals surface area contributed by atoms with Crippen molar-refractivity contribution < 1.29 is 13.6 Å². The molecule has 1 amide bonds. The summed E-state index contributed by atoms with van der Waals surface area (Å²) in [6.45, 7) is 0.225. The van der Waals surface area contributed by atoms with E-state index in [1.807, 2.05) is 0 Å². The van der Waals surface area contributed by atoms with Gasteiger partial charge in [-0.3, -0.25) is 4.79 Å². The van der Waals surface area contributed by atoms with Crippen LogP contribution in [0, 0.1) is 11.6 Å². The van der Waals surface area contributed by atoms with E-state index in [1.165, 1.54) is 6.07 Å². The van der Waals surface area contributed by atoms with Crippen molar-refractivity contribution in [3.63, 3.8) is 0 Å². The minimum Gasteiger partial charge on any atom is -0.358 e. The second-order valence-corrected chi connectivity index (χ2v) is 6.64. The molecule has 2 heterocycles. The van der Waals surface area contributed by atoms with E-state index in [1.54, 1.807) is 6.07 Å². The Labute approximate surface area is 148 Å². The molecule has 1 saturated heterocycles. The highest BCUT2D eigenvalue weighted by molar-refractivity contribution is 6.29. The van der Waals surface area contributed by atoms with Crippen molar-refractivity contribution in [1.29, 1.82) is 0 Å². The van der Waals surface area contributed by atoms with Gasteiger partial charge in [0.15, 0.2) is 0 Å².